The number of hydrogen-bond donors (Lipinski definition) is 2. The Kier molecular flexibility index (Phi) is 2.70. The van der Waals surface area contributed by atoms with E-state index in [1.165, 1.54) is 0 Å². The Morgan fingerprint density at radius 3 is 1.69 bits per heavy atom. The van der Waals surface area contributed by atoms with Gasteiger partial charge in [0.2, 0.25) is 0 Å². The van der Waals surface area contributed by atoms with Gasteiger partial charge in [0.05, 0.1) is 11.1 Å². The van der Waals surface area contributed by atoms with E-state index < -0.39 is 34.9 Å². The first-order valence-electron chi connectivity index (χ1n) is 3.80. The SMILES string of the molecule is Nc1cc(C(F)(F)F)c(O)cc1C(F)(F)F. The van der Waals surface area contributed by atoms with Crippen LogP contribution >= 0.6 is 0 Å². The standard InChI is InChI=1S/C8H5F6NO/c9-7(10,11)3-2-6(16)4(1-5(3)15)8(12,13)14/h1-2,16H,15H2. The molecule has 0 radical (unpaired) electrons. The van der Waals surface area contributed by atoms with Crippen LogP contribution in [0, 0.1) is 0 Å². The Balaban J connectivity index is 3.40. The van der Waals surface area contributed by atoms with Gasteiger partial charge in [-0.2, -0.15) is 26.3 Å². The van der Waals surface area contributed by atoms with Crippen LogP contribution in [0.4, 0.5) is 32.0 Å². The Hall–Kier alpha value is -1.60. The minimum Gasteiger partial charge on any atom is -0.507 e. The van der Waals surface area contributed by atoms with Crippen molar-refractivity contribution in [2.45, 2.75) is 12.4 Å². The summed E-state index contributed by atoms with van der Waals surface area (Å²) in [6, 6.07) is 0.0102. The molecular formula is C8H5F6NO. The van der Waals surface area contributed by atoms with Gasteiger partial charge in [-0.05, 0) is 12.1 Å². The summed E-state index contributed by atoms with van der Waals surface area (Å²) in [5, 5.41) is 8.84. The number of anilines is 1. The maximum Gasteiger partial charge on any atom is 0.420 e. The average molecular weight is 245 g/mol. The molecule has 0 saturated heterocycles. The lowest BCUT2D eigenvalue weighted by Gasteiger charge is -2.14. The first kappa shape index (κ1) is 12.5. The molecule has 1 rings (SSSR count). The van der Waals surface area contributed by atoms with Gasteiger partial charge in [-0.1, -0.05) is 0 Å². The van der Waals surface area contributed by atoms with E-state index in [1.807, 2.05) is 0 Å². The van der Waals surface area contributed by atoms with Gasteiger partial charge in [0.1, 0.15) is 5.75 Å². The number of aromatic hydroxyl groups is 1. The predicted octanol–water partition coefficient (Wildman–Crippen LogP) is 3.01. The van der Waals surface area contributed by atoms with Crippen molar-refractivity contribution < 1.29 is 31.4 Å². The van der Waals surface area contributed by atoms with Crippen LogP contribution < -0.4 is 5.73 Å². The van der Waals surface area contributed by atoms with E-state index in [0.29, 0.717) is 0 Å². The van der Waals surface area contributed by atoms with E-state index >= 15 is 0 Å². The highest BCUT2D eigenvalue weighted by Crippen LogP contribution is 2.42. The molecule has 0 fully saturated rings. The zero-order valence-electron chi connectivity index (χ0n) is 7.45. The summed E-state index contributed by atoms with van der Waals surface area (Å²) >= 11 is 0. The van der Waals surface area contributed by atoms with Gasteiger partial charge in [-0.25, -0.2) is 0 Å². The van der Waals surface area contributed by atoms with E-state index in [1.54, 1.807) is 0 Å². The van der Waals surface area contributed by atoms with E-state index in [4.69, 9.17) is 10.8 Å². The maximum absolute atomic E-state index is 12.2. The number of nitrogens with two attached hydrogens (primary N) is 1. The quantitative estimate of drug-likeness (QED) is 0.419. The first-order chi connectivity index (χ1) is 7.03. The highest BCUT2D eigenvalue weighted by molar-refractivity contribution is 5.56. The average Bonchev–Trinajstić information content (AvgIpc) is 2.04. The number of benzene rings is 1. The number of phenols is 1. The Bertz CT molecular complexity index is 368. The summed E-state index contributed by atoms with van der Waals surface area (Å²) in [5.41, 5.74) is 0.656. The highest BCUT2D eigenvalue weighted by Gasteiger charge is 2.39. The number of hydrogen-bond acceptors (Lipinski definition) is 2. The summed E-state index contributed by atoms with van der Waals surface area (Å²) in [4.78, 5) is 0. The summed E-state index contributed by atoms with van der Waals surface area (Å²) in [6.45, 7) is 0. The molecule has 0 amide bonds. The van der Waals surface area contributed by atoms with Crippen molar-refractivity contribution in [3.8, 4) is 5.75 Å². The molecule has 0 aliphatic rings. The van der Waals surface area contributed by atoms with E-state index in [9.17, 15) is 26.3 Å². The van der Waals surface area contributed by atoms with E-state index in [2.05, 4.69) is 0 Å². The second-order valence-electron chi connectivity index (χ2n) is 2.95. The largest absolute Gasteiger partial charge is 0.507 e. The molecule has 8 heteroatoms. The van der Waals surface area contributed by atoms with Crippen LogP contribution in [0.5, 0.6) is 5.75 Å². The van der Waals surface area contributed by atoms with Crippen LogP contribution in [-0.2, 0) is 12.4 Å². The molecule has 0 aromatic heterocycles. The molecule has 1 aromatic rings. The zero-order valence-corrected chi connectivity index (χ0v) is 7.45. The fourth-order valence-corrected chi connectivity index (χ4v) is 1.08. The third-order valence-electron chi connectivity index (χ3n) is 1.78. The van der Waals surface area contributed by atoms with Crippen LogP contribution in [0.2, 0.25) is 0 Å². The van der Waals surface area contributed by atoms with Gasteiger partial charge in [-0.15, -0.1) is 0 Å². The Morgan fingerprint density at radius 1 is 0.875 bits per heavy atom. The first-order valence-corrected chi connectivity index (χ1v) is 3.80. The molecule has 0 saturated carbocycles. The molecule has 0 heterocycles. The van der Waals surface area contributed by atoms with Crippen molar-refractivity contribution in [2.24, 2.45) is 0 Å². The van der Waals surface area contributed by atoms with Gasteiger partial charge in [-0.3, -0.25) is 0 Å². The molecule has 0 unspecified atom stereocenters. The number of nitrogen functional groups attached to an aromatic ring is 1. The summed E-state index contributed by atoms with van der Waals surface area (Å²) in [6.07, 6.45) is -9.87. The molecule has 0 aliphatic heterocycles. The van der Waals surface area contributed by atoms with Crippen LogP contribution in [0.1, 0.15) is 11.1 Å². The van der Waals surface area contributed by atoms with Crippen molar-refractivity contribution in [3.63, 3.8) is 0 Å². The summed E-state index contributed by atoms with van der Waals surface area (Å²) in [5.74, 6) is -1.51. The third-order valence-corrected chi connectivity index (χ3v) is 1.78. The lowest BCUT2D eigenvalue weighted by molar-refractivity contribution is -0.141. The lowest BCUT2D eigenvalue weighted by atomic mass is 10.1. The molecular weight excluding hydrogens is 240 g/mol. The highest BCUT2D eigenvalue weighted by atomic mass is 19.4. The van der Waals surface area contributed by atoms with Crippen molar-refractivity contribution in [2.75, 3.05) is 5.73 Å². The van der Waals surface area contributed by atoms with Gasteiger partial charge < -0.3 is 10.8 Å². The fourth-order valence-electron chi connectivity index (χ4n) is 1.08. The summed E-state index contributed by atoms with van der Waals surface area (Å²) in [7, 11) is 0. The van der Waals surface area contributed by atoms with Crippen LogP contribution in [0.3, 0.4) is 0 Å². The molecule has 1 aromatic carbocycles. The van der Waals surface area contributed by atoms with E-state index in [-0.39, 0.29) is 12.1 Å². The number of rotatable bonds is 0. The monoisotopic (exact) mass is 245 g/mol. The second-order valence-corrected chi connectivity index (χ2v) is 2.95. The van der Waals surface area contributed by atoms with Gasteiger partial charge in [0.25, 0.3) is 0 Å². The fraction of sp³-hybridized carbons (Fsp3) is 0.250. The van der Waals surface area contributed by atoms with Crippen LogP contribution in [0.15, 0.2) is 12.1 Å². The second kappa shape index (κ2) is 3.46. The molecule has 0 aliphatic carbocycles. The van der Waals surface area contributed by atoms with E-state index in [0.717, 1.165) is 0 Å². The van der Waals surface area contributed by atoms with Crippen molar-refractivity contribution in [1.82, 2.24) is 0 Å². The van der Waals surface area contributed by atoms with Crippen molar-refractivity contribution in [3.05, 3.63) is 23.3 Å². The smallest absolute Gasteiger partial charge is 0.420 e. The molecule has 0 bridgehead atoms. The normalized spacial score (nSPS) is 12.9. The Labute approximate surface area is 85.3 Å². The molecule has 3 N–H and O–H groups in total. The minimum absolute atomic E-state index is 0.0435. The van der Waals surface area contributed by atoms with Gasteiger partial charge in [0.15, 0.2) is 0 Å². The van der Waals surface area contributed by atoms with Gasteiger partial charge in [0, 0.05) is 5.69 Å². The number of halogens is 6. The minimum atomic E-state index is -4.96. The predicted molar refractivity (Wildman–Crippen MR) is 42.5 cm³/mol. The van der Waals surface area contributed by atoms with Gasteiger partial charge >= 0.3 is 12.4 Å². The molecule has 0 spiro atoms. The van der Waals surface area contributed by atoms with Crippen molar-refractivity contribution >= 4 is 5.69 Å². The molecule has 2 nitrogen and oxygen atoms in total. The molecule has 90 valence electrons. The topological polar surface area (TPSA) is 46.2 Å². The number of alkyl halides is 6. The molecule has 0 atom stereocenters. The van der Waals surface area contributed by atoms with Crippen LogP contribution in [-0.4, -0.2) is 5.11 Å². The lowest BCUT2D eigenvalue weighted by Crippen LogP contribution is -2.12. The maximum atomic E-state index is 12.2. The summed E-state index contributed by atoms with van der Waals surface area (Å²) < 4.78 is 73.0. The third kappa shape index (κ3) is 2.31. The Morgan fingerprint density at radius 2 is 1.31 bits per heavy atom. The van der Waals surface area contributed by atoms with Crippen molar-refractivity contribution in [1.29, 1.82) is 0 Å². The van der Waals surface area contributed by atoms with Crippen LogP contribution in [0.25, 0.3) is 0 Å². The molecule has 16 heavy (non-hydrogen) atoms. The number of phenolic OH excluding ortho intramolecular Hbond substituents is 1. The zero-order chi connectivity index (χ0) is 12.7.